The Morgan fingerprint density at radius 3 is 2.62 bits per heavy atom. The van der Waals surface area contributed by atoms with Crippen molar-refractivity contribution in [3.63, 3.8) is 0 Å². The van der Waals surface area contributed by atoms with Gasteiger partial charge in [0.05, 0.1) is 0 Å². The van der Waals surface area contributed by atoms with Crippen molar-refractivity contribution in [2.45, 2.75) is 26.8 Å². The molecule has 1 nitrogen and oxygen atoms in total. The third-order valence-electron chi connectivity index (χ3n) is 2.84. The lowest BCUT2D eigenvalue weighted by Gasteiger charge is -2.20. The molecule has 0 aliphatic heterocycles. The van der Waals surface area contributed by atoms with E-state index in [9.17, 15) is 0 Å². The van der Waals surface area contributed by atoms with Gasteiger partial charge >= 0.3 is 0 Å². The van der Waals surface area contributed by atoms with Crippen LogP contribution in [-0.4, -0.2) is 6.54 Å². The standard InChI is InChI=1S/C14H19NS/c1-4-15-14(10(2)3)13-9-11-7-5-6-8-12(11)16-13/h5-10,14-15H,4H2,1-3H3. The summed E-state index contributed by atoms with van der Waals surface area (Å²) in [5.74, 6) is 0.632. The maximum Gasteiger partial charge on any atom is 0.0438 e. The molecule has 0 bridgehead atoms. The van der Waals surface area contributed by atoms with E-state index >= 15 is 0 Å². The van der Waals surface area contributed by atoms with Gasteiger partial charge in [-0.25, -0.2) is 0 Å². The fourth-order valence-corrected chi connectivity index (χ4v) is 3.35. The van der Waals surface area contributed by atoms with E-state index in [-0.39, 0.29) is 0 Å². The first-order valence-electron chi connectivity index (χ1n) is 5.94. The van der Waals surface area contributed by atoms with Crippen molar-refractivity contribution in [1.29, 1.82) is 0 Å². The van der Waals surface area contributed by atoms with Gasteiger partial charge in [-0.1, -0.05) is 39.0 Å². The molecule has 86 valence electrons. The lowest BCUT2D eigenvalue weighted by Crippen LogP contribution is -2.24. The number of nitrogens with one attached hydrogen (secondary N) is 1. The number of fused-ring (bicyclic) bond motifs is 1. The normalized spacial score (nSPS) is 13.5. The van der Waals surface area contributed by atoms with Crippen LogP contribution in [0.5, 0.6) is 0 Å². The third kappa shape index (κ3) is 2.28. The number of thiophene rings is 1. The largest absolute Gasteiger partial charge is 0.309 e. The molecule has 1 aromatic heterocycles. The van der Waals surface area contributed by atoms with Crippen molar-refractivity contribution in [1.82, 2.24) is 5.32 Å². The minimum atomic E-state index is 0.488. The summed E-state index contributed by atoms with van der Waals surface area (Å²) >= 11 is 1.91. The van der Waals surface area contributed by atoms with Gasteiger partial charge in [-0.3, -0.25) is 0 Å². The van der Waals surface area contributed by atoms with Crippen LogP contribution in [0.3, 0.4) is 0 Å². The molecule has 16 heavy (non-hydrogen) atoms. The summed E-state index contributed by atoms with van der Waals surface area (Å²) in [6.45, 7) is 7.75. The number of hydrogen-bond donors (Lipinski definition) is 1. The van der Waals surface area contributed by atoms with Crippen molar-refractivity contribution in [3.05, 3.63) is 35.2 Å². The van der Waals surface area contributed by atoms with E-state index in [1.54, 1.807) is 0 Å². The highest BCUT2D eigenvalue weighted by molar-refractivity contribution is 7.19. The molecular formula is C14H19NS. The second-order valence-electron chi connectivity index (χ2n) is 4.47. The van der Waals surface area contributed by atoms with Gasteiger partial charge < -0.3 is 5.32 Å². The quantitative estimate of drug-likeness (QED) is 0.834. The fraction of sp³-hybridized carbons (Fsp3) is 0.429. The summed E-state index contributed by atoms with van der Waals surface area (Å²) < 4.78 is 1.39. The Bertz CT molecular complexity index is 425. The molecule has 2 heteroatoms. The van der Waals surface area contributed by atoms with Crippen LogP contribution in [0.1, 0.15) is 31.7 Å². The van der Waals surface area contributed by atoms with Crippen LogP contribution < -0.4 is 5.32 Å². The first-order chi connectivity index (χ1) is 7.72. The molecule has 0 radical (unpaired) electrons. The lowest BCUT2D eigenvalue weighted by atomic mass is 10.0. The van der Waals surface area contributed by atoms with Gasteiger partial charge in [0.15, 0.2) is 0 Å². The molecule has 2 rings (SSSR count). The molecule has 0 saturated heterocycles. The Balaban J connectivity index is 2.37. The lowest BCUT2D eigenvalue weighted by molar-refractivity contribution is 0.428. The first kappa shape index (κ1) is 11.6. The zero-order chi connectivity index (χ0) is 11.5. The highest BCUT2D eigenvalue weighted by atomic mass is 32.1. The van der Waals surface area contributed by atoms with Crippen molar-refractivity contribution in [2.24, 2.45) is 5.92 Å². The zero-order valence-electron chi connectivity index (χ0n) is 10.2. The van der Waals surface area contributed by atoms with Gasteiger partial charge in [-0.15, -0.1) is 11.3 Å². The van der Waals surface area contributed by atoms with Crippen molar-refractivity contribution in [2.75, 3.05) is 6.54 Å². The Labute approximate surface area is 101 Å². The molecule has 0 fully saturated rings. The van der Waals surface area contributed by atoms with Gasteiger partial charge in [0.1, 0.15) is 0 Å². The van der Waals surface area contributed by atoms with E-state index in [4.69, 9.17) is 0 Å². The van der Waals surface area contributed by atoms with Crippen molar-refractivity contribution in [3.8, 4) is 0 Å². The van der Waals surface area contributed by atoms with E-state index in [0.717, 1.165) is 6.54 Å². The first-order valence-corrected chi connectivity index (χ1v) is 6.76. The van der Waals surface area contributed by atoms with Crippen LogP contribution in [-0.2, 0) is 0 Å². The molecule has 2 aromatic rings. The van der Waals surface area contributed by atoms with Crippen LogP contribution in [0, 0.1) is 5.92 Å². The van der Waals surface area contributed by atoms with E-state index in [0.29, 0.717) is 12.0 Å². The Kier molecular flexibility index (Phi) is 3.62. The van der Waals surface area contributed by atoms with Crippen LogP contribution >= 0.6 is 11.3 Å². The fourth-order valence-electron chi connectivity index (χ4n) is 2.04. The third-order valence-corrected chi connectivity index (χ3v) is 4.04. The Hall–Kier alpha value is -0.860. The SMILES string of the molecule is CCNC(c1cc2ccccc2s1)C(C)C. The molecule has 1 unspecified atom stereocenters. The predicted octanol–water partition coefficient (Wildman–Crippen LogP) is 4.21. The van der Waals surface area contributed by atoms with Crippen LogP contribution in [0.4, 0.5) is 0 Å². The summed E-state index contributed by atoms with van der Waals surface area (Å²) in [5.41, 5.74) is 0. The van der Waals surface area contributed by atoms with Crippen LogP contribution in [0.2, 0.25) is 0 Å². The monoisotopic (exact) mass is 233 g/mol. The maximum atomic E-state index is 3.57. The van der Waals surface area contributed by atoms with E-state index < -0.39 is 0 Å². The smallest absolute Gasteiger partial charge is 0.0438 e. The second kappa shape index (κ2) is 4.98. The van der Waals surface area contributed by atoms with Gasteiger partial charge in [-0.2, -0.15) is 0 Å². The molecule has 1 atom stereocenters. The van der Waals surface area contributed by atoms with Gasteiger partial charge in [0, 0.05) is 15.6 Å². The van der Waals surface area contributed by atoms with Crippen molar-refractivity contribution < 1.29 is 0 Å². The van der Waals surface area contributed by atoms with E-state index in [2.05, 4.69) is 56.4 Å². The summed E-state index contributed by atoms with van der Waals surface area (Å²) in [7, 11) is 0. The molecule has 1 heterocycles. The minimum Gasteiger partial charge on any atom is -0.309 e. The summed E-state index contributed by atoms with van der Waals surface area (Å²) in [6.07, 6.45) is 0. The average Bonchev–Trinajstić information content (AvgIpc) is 2.68. The van der Waals surface area contributed by atoms with E-state index in [1.807, 2.05) is 11.3 Å². The predicted molar refractivity (Wildman–Crippen MR) is 73.1 cm³/mol. The average molecular weight is 233 g/mol. The molecular weight excluding hydrogens is 214 g/mol. The summed E-state index contributed by atoms with van der Waals surface area (Å²) in [4.78, 5) is 1.46. The number of rotatable bonds is 4. The minimum absolute atomic E-state index is 0.488. The van der Waals surface area contributed by atoms with Crippen LogP contribution in [0.25, 0.3) is 10.1 Å². The molecule has 1 N–H and O–H groups in total. The number of benzene rings is 1. The van der Waals surface area contributed by atoms with Gasteiger partial charge in [0.2, 0.25) is 0 Å². The molecule has 0 aliphatic carbocycles. The topological polar surface area (TPSA) is 12.0 Å². The number of hydrogen-bond acceptors (Lipinski definition) is 2. The molecule has 1 aromatic carbocycles. The van der Waals surface area contributed by atoms with Gasteiger partial charge in [0.25, 0.3) is 0 Å². The van der Waals surface area contributed by atoms with Gasteiger partial charge in [-0.05, 0) is 30.0 Å². The molecule has 0 spiro atoms. The van der Waals surface area contributed by atoms with Crippen molar-refractivity contribution >= 4 is 21.4 Å². The Morgan fingerprint density at radius 2 is 2.00 bits per heavy atom. The zero-order valence-corrected chi connectivity index (χ0v) is 11.0. The summed E-state index contributed by atoms with van der Waals surface area (Å²) in [5, 5.41) is 4.94. The maximum absolute atomic E-state index is 3.57. The highest BCUT2D eigenvalue weighted by Crippen LogP contribution is 2.32. The highest BCUT2D eigenvalue weighted by Gasteiger charge is 2.16. The summed E-state index contributed by atoms with van der Waals surface area (Å²) in [6, 6.07) is 11.4. The second-order valence-corrected chi connectivity index (χ2v) is 5.58. The molecule has 0 saturated carbocycles. The molecule has 0 aliphatic rings. The van der Waals surface area contributed by atoms with E-state index in [1.165, 1.54) is 15.0 Å². The van der Waals surface area contributed by atoms with Crippen LogP contribution in [0.15, 0.2) is 30.3 Å². The molecule has 0 amide bonds. The Morgan fingerprint density at radius 1 is 1.25 bits per heavy atom.